The molecule has 118 valence electrons. The third kappa shape index (κ3) is 4.00. The Hall–Kier alpha value is -1.02. The molecule has 0 radical (unpaired) electrons. The van der Waals surface area contributed by atoms with Gasteiger partial charge < -0.3 is 10.2 Å². The molecule has 1 aromatic rings. The van der Waals surface area contributed by atoms with Gasteiger partial charge in [0, 0.05) is 25.3 Å². The minimum absolute atomic E-state index is 0.410. The lowest BCUT2D eigenvalue weighted by atomic mass is 9.67. The molecule has 0 saturated heterocycles. The molecule has 1 fully saturated rings. The molecule has 2 rings (SSSR count). The number of anilines is 1. The molecule has 1 N–H and O–H groups in total. The highest BCUT2D eigenvalue weighted by Crippen LogP contribution is 2.39. The van der Waals surface area contributed by atoms with Crippen molar-refractivity contribution in [1.29, 1.82) is 0 Å². The molecule has 0 aromatic heterocycles. The average molecular weight is 288 g/mol. The normalized spacial score (nSPS) is 24.8. The zero-order valence-electron chi connectivity index (χ0n) is 14.4. The smallest absolute Gasteiger partial charge is 0.0363 e. The summed E-state index contributed by atoms with van der Waals surface area (Å²) in [6.07, 6.45) is 4.05. The fourth-order valence-corrected chi connectivity index (χ4v) is 3.90. The van der Waals surface area contributed by atoms with E-state index in [1.165, 1.54) is 30.5 Å². The van der Waals surface area contributed by atoms with Gasteiger partial charge in [-0.15, -0.1) is 0 Å². The van der Waals surface area contributed by atoms with Crippen LogP contribution in [-0.4, -0.2) is 26.2 Å². The van der Waals surface area contributed by atoms with Crippen molar-refractivity contribution < 1.29 is 0 Å². The van der Waals surface area contributed by atoms with Gasteiger partial charge in [0.1, 0.15) is 0 Å². The standard InChI is InChI=1S/C19H32N2/c1-6-20-18-16(8-7-13-19(18,3)4)14-21(5)17-11-9-15(2)10-12-17/h9-12,16,18,20H,6-8,13-14H2,1-5H3. The van der Waals surface area contributed by atoms with Crippen LogP contribution in [0.5, 0.6) is 0 Å². The van der Waals surface area contributed by atoms with E-state index >= 15 is 0 Å². The first-order chi connectivity index (χ1) is 9.94. The number of hydrogen-bond acceptors (Lipinski definition) is 2. The van der Waals surface area contributed by atoms with Gasteiger partial charge in [-0.2, -0.15) is 0 Å². The first-order valence-corrected chi connectivity index (χ1v) is 8.45. The Balaban J connectivity index is 2.07. The van der Waals surface area contributed by atoms with Crippen LogP contribution in [0.3, 0.4) is 0 Å². The summed E-state index contributed by atoms with van der Waals surface area (Å²) >= 11 is 0. The zero-order chi connectivity index (χ0) is 15.5. The van der Waals surface area contributed by atoms with E-state index in [0.717, 1.165) is 19.0 Å². The molecule has 2 nitrogen and oxygen atoms in total. The zero-order valence-corrected chi connectivity index (χ0v) is 14.4. The van der Waals surface area contributed by atoms with Crippen LogP contribution >= 0.6 is 0 Å². The summed E-state index contributed by atoms with van der Waals surface area (Å²) < 4.78 is 0. The van der Waals surface area contributed by atoms with E-state index in [1.54, 1.807) is 0 Å². The van der Waals surface area contributed by atoms with Crippen LogP contribution in [0.1, 0.15) is 45.6 Å². The summed E-state index contributed by atoms with van der Waals surface area (Å²) in [6, 6.07) is 9.53. The second-order valence-corrected chi connectivity index (χ2v) is 7.39. The van der Waals surface area contributed by atoms with E-state index in [4.69, 9.17) is 0 Å². The molecule has 0 bridgehead atoms. The van der Waals surface area contributed by atoms with Crippen LogP contribution in [0.2, 0.25) is 0 Å². The van der Waals surface area contributed by atoms with Gasteiger partial charge in [-0.05, 0) is 49.8 Å². The van der Waals surface area contributed by atoms with Gasteiger partial charge in [-0.3, -0.25) is 0 Å². The van der Waals surface area contributed by atoms with Crippen LogP contribution < -0.4 is 10.2 Å². The van der Waals surface area contributed by atoms with Crippen molar-refractivity contribution in [1.82, 2.24) is 5.32 Å². The molecule has 2 unspecified atom stereocenters. The van der Waals surface area contributed by atoms with Crippen molar-refractivity contribution in [3.05, 3.63) is 29.8 Å². The Labute approximate surface area is 130 Å². The van der Waals surface area contributed by atoms with Crippen molar-refractivity contribution in [3.8, 4) is 0 Å². The SMILES string of the molecule is CCNC1C(CN(C)c2ccc(C)cc2)CCCC1(C)C. The predicted octanol–water partition coefficient (Wildman–Crippen LogP) is 4.24. The lowest BCUT2D eigenvalue weighted by Gasteiger charge is -2.46. The van der Waals surface area contributed by atoms with Crippen molar-refractivity contribution >= 4 is 5.69 Å². The molecule has 2 atom stereocenters. The Morgan fingerprint density at radius 2 is 1.90 bits per heavy atom. The molecule has 0 amide bonds. The van der Waals surface area contributed by atoms with Gasteiger partial charge in [0.05, 0.1) is 0 Å². The lowest BCUT2D eigenvalue weighted by Crippen LogP contribution is -2.52. The van der Waals surface area contributed by atoms with Gasteiger partial charge in [0.15, 0.2) is 0 Å². The van der Waals surface area contributed by atoms with Crippen LogP contribution in [0.15, 0.2) is 24.3 Å². The van der Waals surface area contributed by atoms with E-state index < -0.39 is 0 Å². The molecule has 0 heterocycles. The first-order valence-electron chi connectivity index (χ1n) is 8.45. The third-order valence-corrected chi connectivity index (χ3v) is 5.12. The van der Waals surface area contributed by atoms with Crippen LogP contribution in [0.25, 0.3) is 0 Å². The number of rotatable bonds is 5. The highest BCUT2D eigenvalue weighted by atomic mass is 15.1. The summed E-state index contributed by atoms with van der Waals surface area (Å²) in [5, 5.41) is 3.76. The number of hydrogen-bond donors (Lipinski definition) is 1. The molecule has 2 heteroatoms. The molecule has 1 aliphatic carbocycles. The minimum Gasteiger partial charge on any atom is -0.374 e. The molecule has 0 spiro atoms. The van der Waals surface area contributed by atoms with Crippen molar-refractivity contribution in [2.45, 2.75) is 53.0 Å². The molecular formula is C19H32N2. The quantitative estimate of drug-likeness (QED) is 0.872. The summed E-state index contributed by atoms with van der Waals surface area (Å²) in [6.45, 7) is 11.4. The van der Waals surface area contributed by atoms with E-state index in [1.807, 2.05) is 0 Å². The molecule has 1 aliphatic rings. The topological polar surface area (TPSA) is 15.3 Å². The lowest BCUT2D eigenvalue weighted by molar-refractivity contribution is 0.113. The minimum atomic E-state index is 0.410. The van der Waals surface area contributed by atoms with Crippen molar-refractivity contribution in [2.75, 3.05) is 25.0 Å². The molecule has 0 aliphatic heterocycles. The maximum atomic E-state index is 3.76. The number of nitrogens with one attached hydrogen (secondary N) is 1. The highest BCUT2D eigenvalue weighted by molar-refractivity contribution is 5.46. The summed E-state index contributed by atoms with van der Waals surface area (Å²) in [5.74, 6) is 0.736. The van der Waals surface area contributed by atoms with Gasteiger partial charge in [-0.25, -0.2) is 0 Å². The Bertz CT molecular complexity index is 435. The number of aryl methyl sites for hydroxylation is 1. The highest BCUT2D eigenvalue weighted by Gasteiger charge is 2.38. The fourth-order valence-electron chi connectivity index (χ4n) is 3.90. The maximum absolute atomic E-state index is 3.76. The summed E-state index contributed by atoms with van der Waals surface area (Å²) in [4.78, 5) is 2.43. The Morgan fingerprint density at radius 1 is 1.24 bits per heavy atom. The van der Waals surface area contributed by atoms with Gasteiger partial charge >= 0.3 is 0 Å². The van der Waals surface area contributed by atoms with Gasteiger partial charge in [0.2, 0.25) is 0 Å². The second kappa shape index (κ2) is 6.83. The number of benzene rings is 1. The van der Waals surface area contributed by atoms with E-state index in [-0.39, 0.29) is 0 Å². The van der Waals surface area contributed by atoms with Crippen LogP contribution in [0.4, 0.5) is 5.69 Å². The average Bonchev–Trinajstić information content (AvgIpc) is 2.43. The molecular weight excluding hydrogens is 256 g/mol. The first kappa shape index (κ1) is 16.4. The van der Waals surface area contributed by atoms with E-state index in [9.17, 15) is 0 Å². The molecule has 21 heavy (non-hydrogen) atoms. The summed E-state index contributed by atoms with van der Waals surface area (Å²) in [7, 11) is 2.23. The van der Waals surface area contributed by atoms with Crippen molar-refractivity contribution in [2.24, 2.45) is 11.3 Å². The predicted molar refractivity (Wildman–Crippen MR) is 93.0 cm³/mol. The molecule has 1 saturated carbocycles. The van der Waals surface area contributed by atoms with Gasteiger partial charge in [-0.1, -0.05) is 44.9 Å². The summed E-state index contributed by atoms with van der Waals surface area (Å²) in [5.41, 5.74) is 3.07. The Morgan fingerprint density at radius 3 is 2.52 bits per heavy atom. The van der Waals surface area contributed by atoms with E-state index in [0.29, 0.717) is 11.5 Å². The maximum Gasteiger partial charge on any atom is 0.0363 e. The number of nitrogens with zero attached hydrogens (tertiary/aromatic N) is 1. The van der Waals surface area contributed by atoms with Gasteiger partial charge in [0.25, 0.3) is 0 Å². The molecule has 1 aromatic carbocycles. The van der Waals surface area contributed by atoms with Crippen LogP contribution in [-0.2, 0) is 0 Å². The monoisotopic (exact) mass is 288 g/mol. The third-order valence-electron chi connectivity index (χ3n) is 5.12. The fraction of sp³-hybridized carbons (Fsp3) is 0.684. The Kier molecular flexibility index (Phi) is 5.32. The van der Waals surface area contributed by atoms with Crippen molar-refractivity contribution in [3.63, 3.8) is 0 Å². The van der Waals surface area contributed by atoms with Crippen LogP contribution in [0, 0.1) is 18.3 Å². The second-order valence-electron chi connectivity index (χ2n) is 7.39. The van der Waals surface area contributed by atoms with E-state index in [2.05, 4.69) is 69.2 Å². The largest absolute Gasteiger partial charge is 0.374 e.